The lowest BCUT2D eigenvalue weighted by Gasteiger charge is -2.26. The van der Waals surface area contributed by atoms with Crippen molar-refractivity contribution in [3.8, 4) is 0 Å². The van der Waals surface area contributed by atoms with Crippen LogP contribution in [-0.4, -0.2) is 36.6 Å². The first-order valence-electron chi connectivity index (χ1n) is 7.25. The van der Waals surface area contributed by atoms with Crippen molar-refractivity contribution in [3.63, 3.8) is 0 Å². The van der Waals surface area contributed by atoms with Gasteiger partial charge in [0.2, 0.25) is 20.0 Å². The van der Waals surface area contributed by atoms with Gasteiger partial charge in [0.1, 0.15) is 15.7 Å². The first-order chi connectivity index (χ1) is 11.8. The lowest BCUT2D eigenvalue weighted by Crippen LogP contribution is -2.43. The minimum atomic E-state index is -4.41. The molecule has 0 saturated heterocycles. The second-order valence-electron chi connectivity index (χ2n) is 5.30. The van der Waals surface area contributed by atoms with Crippen molar-refractivity contribution in [1.82, 2.24) is 10.2 Å². The maximum absolute atomic E-state index is 14.5. The Morgan fingerprint density at radius 1 is 1.36 bits per heavy atom. The van der Waals surface area contributed by atoms with Crippen LogP contribution in [0.3, 0.4) is 0 Å². The SMILES string of the molecule is CCc1nnc(NN=C2C(=O)N(C)c3ccc(C)c(F)c3S2(=O)=O)s1. The van der Waals surface area contributed by atoms with Crippen LogP contribution in [0.15, 0.2) is 22.1 Å². The highest BCUT2D eigenvalue weighted by molar-refractivity contribution is 8.08. The number of nitrogens with zero attached hydrogens (tertiary/aromatic N) is 4. The molecular weight excluding hydrogens is 369 g/mol. The minimum Gasteiger partial charge on any atom is -0.308 e. The van der Waals surface area contributed by atoms with Crippen LogP contribution in [0.2, 0.25) is 0 Å². The van der Waals surface area contributed by atoms with Gasteiger partial charge in [-0.25, -0.2) is 18.2 Å². The average Bonchev–Trinajstić information content (AvgIpc) is 3.03. The number of carbonyl (C=O) groups is 1. The van der Waals surface area contributed by atoms with Crippen molar-refractivity contribution in [2.45, 2.75) is 25.2 Å². The molecule has 1 aliphatic rings. The summed E-state index contributed by atoms with van der Waals surface area (Å²) < 4.78 is 39.9. The number of aryl methyl sites for hydroxylation is 2. The van der Waals surface area contributed by atoms with Crippen LogP contribution < -0.4 is 10.3 Å². The average molecular weight is 383 g/mol. The number of benzene rings is 1. The standard InChI is InChI=1S/C14H14FN5O3S2/c1-4-9-16-18-14(24-9)19-17-12-13(21)20(3)8-6-5-7(2)10(15)11(8)25(12,22)23/h5-6H,4H2,1-3H3,(H,18,19). The third kappa shape index (κ3) is 2.78. The van der Waals surface area contributed by atoms with Gasteiger partial charge < -0.3 is 4.90 Å². The third-order valence-corrected chi connectivity index (χ3v) is 6.34. The Hall–Kier alpha value is -2.40. The van der Waals surface area contributed by atoms with E-state index in [1.807, 2.05) is 6.92 Å². The van der Waals surface area contributed by atoms with Crippen LogP contribution in [0.1, 0.15) is 17.5 Å². The number of halogens is 1. The van der Waals surface area contributed by atoms with E-state index in [2.05, 4.69) is 20.7 Å². The molecule has 2 aromatic rings. The van der Waals surface area contributed by atoms with E-state index in [9.17, 15) is 17.6 Å². The van der Waals surface area contributed by atoms with Gasteiger partial charge in [-0.15, -0.1) is 10.2 Å². The van der Waals surface area contributed by atoms with Crippen molar-refractivity contribution in [2.75, 3.05) is 17.4 Å². The summed E-state index contributed by atoms with van der Waals surface area (Å²) in [5, 5.41) is 11.5. The summed E-state index contributed by atoms with van der Waals surface area (Å²) in [5.74, 6) is -1.75. The number of amides is 1. The first kappa shape index (κ1) is 17.4. The number of hydrazone groups is 1. The Labute approximate surface area is 147 Å². The molecule has 2 heterocycles. The summed E-state index contributed by atoms with van der Waals surface area (Å²) in [5.41, 5.74) is 2.57. The van der Waals surface area contributed by atoms with E-state index < -0.39 is 31.5 Å². The van der Waals surface area contributed by atoms with E-state index in [1.165, 1.54) is 37.4 Å². The molecule has 1 aliphatic heterocycles. The topological polar surface area (TPSA) is 105 Å². The van der Waals surface area contributed by atoms with Crippen LogP contribution in [-0.2, 0) is 21.1 Å². The molecule has 0 radical (unpaired) electrons. The van der Waals surface area contributed by atoms with Crippen LogP contribution in [0.4, 0.5) is 15.2 Å². The van der Waals surface area contributed by atoms with Gasteiger partial charge in [-0.3, -0.25) is 4.79 Å². The third-order valence-electron chi connectivity index (χ3n) is 3.66. The Balaban J connectivity index is 2.10. The van der Waals surface area contributed by atoms with Gasteiger partial charge in [-0.1, -0.05) is 24.3 Å². The smallest absolute Gasteiger partial charge is 0.290 e. The second-order valence-corrected chi connectivity index (χ2v) is 8.16. The summed E-state index contributed by atoms with van der Waals surface area (Å²) >= 11 is 1.18. The molecule has 0 unspecified atom stereocenters. The summed E-state index contributed by atoms with van der Waals surface area (Å²) in [6.07, 6.45) is 0.660. The van der Waals surface area contributed by atoms with Crippen molar-refractivity contribution < 1.29 is 17.6 Å². The fraction of sp³-hybridized carbons (Fsp3) is 0.286. The van der Waals surface area contributed by atoms with Crippen LogP contribution in [0.25, 0.3) is 0 Å². The van der Waals surface area contributed by atoms with Gasteiger partial charge in [0.15, 0.2) is 0 Å². The van der Waals surface area contributed by atoms with Crippen molar-refractivity contribution >= 4 is 42.9 Å². The number of rotatable bonds is 3. The number of sulfone groups is 1. The summed E-state index contributed by atoms with van der Waals surface area (Å²) in [6.45, 7) is 3.34. The molecule has 8 nitrogen and oxygen atoms in total. The molecule has 0 fully saturated rings. The Bertz CT molecular complexity index is 1000. The monoisotopic (exact) mass is 383 g/mol. The molecule has 11 heteroatoms. The predicted molar refractivity (Wildman–Crippen MR) is 92.1 cm³/mol. The summed E-state index contributed by atoms with van der Waals surface area (Å²) in [7, 11) is -3.05. The summed E-state index contributed by atoms with van der Waals surface area (Å²) in [6, 6.07) is 2.81. The molecule has 0 saturated carbocycles. The zero-order valence-corrected chi connectivity index (χ0v) is 15.2. The van der Waals surface area contributed by atoms with Crippen molar-refractivity contribution in [2.24, 2.45) is 5.10 Å². The molecule has 1 N–H and O–H groups in total. The zero-order valence-electron chi connectivity index (χ0n) is 13.6. The first-order valence-corrected chi connectivity index (χ1v) is 9.55. The van der Waals surface area contributed by atoms with Crippen LogP contribution in [0, 0.1) is 12.7 Å². The quantitative estimate of drug-likeness (QED) is 0.810. The molecule has 0 spiro atoms. The lowest BCUT2D eigenvalue weighted by molar-refractivity contribution is -0.112. The number of hydrogen-bond donors (Lipinski definition) is 1. The van der Waals surface area contributed by atoms with E-state index in [4.69, 9.17) is 0 Å². The number of hydrogen-bond acceptors (Lipinski definition) is 8. The molecule has 0 atom stereocenters. The highest BCUT2D eigenvalue weighted by Gasteiger charge is 2.42. The van der Waals surface area contributed by atoms with Gasteiger partial charge in [-0.05, 0) is 25.0 Å². The van der Waals surface area contributed by atoms with E-state index in [0.29, 0.717) is 6.42 Å². The zero-order chi connectivity index (χ0) is 18.4. The number of carbonyl (C=O) groups excluding carboxylic acids is 1. The molecule has 3 rings (SSSR count). The van der Waals surface area contributed by atoms with E-state index in [0.717, 1.165) is 9.91 Å². The van der Waals surface area contributed by atoms with E-state index in [1.54, 1.807) is 0 Å². The molecule has 0 bridgehead atoms. The van der Waals surface area contributed by atoms with Crippen LogP contribution >= 0.6 is 11.3 Å². The number of anilines is 2. The number of fused-ring (bicyclic) bond motifs is 1. The molecule has 1 aromatic heterocycles. The second kappa shape index (κ2) is 6.15. The van der Waals surface area contributed by atoms with Gasteiger partial charge in [-0.2, -0.15) is 5.10 Å². The maximum Gasteiger partial charge on any atom is 0.290 e. The lowest BCUT2D eigenvalue weighted by atomic mass is 10.2. The van der Waals surface area contributed by atoms with Gasteiger partial charge in [0.05, 0.1) is 5.69 Å². The molecule has 25 heavy (non-hydrogen) atoms. The molecule has 1 amide bonds. The summed E-state index contributed by atoms with van der Waals surface area (Å²) in [4.78, 5) is 12.9. The van der Waals surface area contributed by atoms with Crippen molar-refractivity contribution in [1.29, 1.82) is 0 Å². The fourth-order valence-electron chi connectivity index (χ4n) is 2.28. The predicted octanol–water partition coefficient (Wildman–Crippen LogP) is 1.72. The fourth-order valence-corrected chi connectivity index (χ4v) is 4.50. The maximum atomic E-state index is 14.5. The molecule has 0 aliphatic carbocycles. The Kier molecular flexibility index (Phi) is 4.29. The highest BCUT2D eigenvalue weighted by atomic mass is 32.2. The largest absolute Gasteiger partial charge is 0.308 e. The van der Waals surface area contributed by atoms with E-state index >= 15 is 0 Å². The minimum absolute atomic E-state index is 0.0174. The van der Waals surface area contributed by atoms with E-state index in [-0.39, 0.29) is 16.4 Å². The molecular formula is C14H14FN5O3S2. The Morgan fingerprint density at radius 3 is 2.72 bits per heavy atom. The van der Waals surface area contributed by atoms with Gasteiger partial charge >= 0.3 is 0 Å². The van der Waals surface area contributed by atoms with Gasteiger partial charge in [0, 0.05) is 7.05 Å². The molecule has 1 aromatic carbocycles. The Morgan fingerprint density at radius 2 is 2.08 bits per heavy atom. The van der Waals surface area contributed by atoms with Gasteiger partial charge in [0.25, 0.3) is 5.91 Å². The highest BCUT2D eigenvalue weighted by Crippen LogP contribution is 2.35. The normalized spacial score (nSPS) is 17.7. The van der Waals surface area contributed by atoms with Crippen LogP contribution in [0.5, 0.6) is 0 Å². The number of aromatic nitrogens is 2. The molecule has 132 valence electrons. The number of nitrogens with one attached hydrogen (secondary N) is 1. The van der Waals surface area contributed by atoms with Crippen molar-refractivity contribution in [3.05, 3.63) is 28.5 Å².